The highest BCUT2D eigenvalue weighted by Gasteiger charge is 2.27. The Balaban J connectivity index is 5.37. The highest BCUT2D eigenvalue weighted by molar-refractivity contribution is 8.04. The fraction of sp³-hybridized carbons (Fsp3) is 0.500. The Hall–Kier alpha value is 0.660. The normalized spacial score (nSPS) is 15.5. The molecule has 16 heavy (non-hydrogen) atoms. The molecule has 1 nitrogen and oxygen atoms in total. The topological polar surface area (TPSA) is 17.1 Å². The summed E-state index contributed by atoms with van der Waals surface area (Å²) in [6, 6.07) is 0. The Morgan fingerprint density at radius 2 is 1.38 bits per heavy atom. The van der Waals surface area contributed by atoms with E-state index in [9.17, 15) is 4.79 Å². The lowest BCUT2D eigenvalue weighted by molar-refractivity contribution is -0.121. The molecule has 0 aromatic heterocycles. The standard InChI is InChI=1S/C10H12Cl4OS/c1-10(2,3)8(15)6(12)5(11)7(13)9(14)16-4/h1-4H3/b6-5-,9-7-. The Morgan fingerprint density at radius 3 is 1.69 bits per heavy atom. The molecule has 0 fully saturated rings. The van der Waals surface area contributed by atoms with Crippen LogP contribution in [0.5, 0.6) is 0 Å². The molecular weight excluding hydrogens is 310 g/mol. The van der Waals surface area contributed by atoms with Crippen LogP contribution in [0.2, 0.25) is 0 Å². The summed E-state index contributed by atoms with van der Waals surface area (Å²) in [5.41, 5.74) is -0.611. The van der Waals surface area contributed by atoms with Gasteiger partial charge in [-0.3, -0.25) is 4.79 Å². The molecule has 0 bridgehead atoms. The van der Waals surface area contributed by atoms with Crippen molar-refractivity contribution in [3.63, 3.8) is 0 Å². The quantitative estimate of drug-likeness (QED) is 0.518. The van der Waals surface area contributed by atoms with Crippen LogP contribution in [0.3, 0.4) is 0 Å². The minimum absolute atomic E-state index is 0.0115. The van der Waals surface area contributed by atoms with Crippen molar-refractivity contribution in [2.45, 2.75) is 20.8 Å². The van der Waals surface area contributed by atoms with E-state index < -0.39 is 5.41 Å². The molecule has 0 aromatic rings. The number of carbonyl (C=O) groups excluding carboxylic acids is 1. The minimum Gasteiger partial charge on any atom is -0.293 e. The first kappa shape index (κ1) is 16.7. The molecule has 0 aliphatic rings. The van der Waals surface area contributed by atoms with Crippen molar-refractivity contribution in [3.8, 4) is 0 Å². The van der Waals surface area contributed by atoms with E-state index in [1.54, 1.807) is 27.0 Å². The van der Waals surface area contributed by atoms with E-state index in [1.807, 2.05) is 0 Å². The lowest BCUT2D eigenvalue weighted by atomic mass is 9.90. The molecule has 0 heterocycles. The van der Waals surface area contributed by atoms with Crippen LogP contribution in [0.15, 0.2) is 19.5 Å². The van der Waals surface area contributed by atoms with E-state index in [2.05, 4.69) is 0 Å². The summed E-state index contributed by atoms with van der Waals surface area (Å²) in [6.07, 6.45) is 1.74. The third-order valence-electron chi connectivity index (χ3n) is 1.62. The van der Waals surface area contributed by atoms with Gasteiger partial charge < -0.3 is 0 Å². The van der Waals surface area contributed by atoms with E-state index in [1.165, 1.54) is 11.8 Å². The average molecular weight is 322 g/mol. The number of hydrogen-bond acceptors (Lipinski definition) is 2. The summed E-state index contributed by atoms with van der Waals surface area (Å²) in [7, 11) is 0. The van der Waals surface area contributed by atoms with Gasteiger partial charge in [-0.25, -0.2) is 0 Å². The number of allylic oxidation sites excluding steroid dienone is 3. The molecule has 0 aliphatic heterocycles. The van der Waals surface area contributed by atoms with Crippen LogP contribution in [0.4, 0.5) is 0 Å². The summed E-state index contributed by atoms with van der Waals surface area (Å²) in [4.78, 5) is 11.8. The van der Waals surface area contributed by atoms with Crippen molar-refractivity contribution in [3.05, 3.63) is 19.5 Å². The van der Waals surface area contributed by atoms with Gasteiger partial charge in [0, 0.05) is 5.41 Å². The first-order chi connectivity index (χ1) is 7.12. The molecule has 0 aliphatic carbocycles. The SMILES string of the molecule is CS/C(Cl)=C(Cl)/C(Cl)=C(/Cl)C(=O)C(C)(C)C. The summed E-state index contributed by atoms with van der Waals surface area (Å²) in [5, 5.41) is -0.00703. The molecule has 0 spiro atoms. The molecule has 0 atom stereocenters. The van der Waals surface area contributed by atoms with Gasteiger partial charge in [-0.15, -0.1) is 11.8 Å². The number of Topliss-reactive ketones (excluding diaryl/α,β-unsaturated/α-hetero) is 1. The maximum Gasteiger partial charge on any atom is 0.181 e. The number of halogens is 4. The molecule has 0 unspecified atom stereocenters. The zero-order valence-corrected chi connectivity index (χ0v) is 13.2. The Morgan fingerprint density at radius 1 is 0.938 bits per heavy atom. The first-order valence-electron chi connectivity index (χ1n) is 4.32. The maximum absolute atomic E-state index is 11.8. The summed E-state index contributed by atoms with van der Waals surface area (Å²) in [6.45, 7) is 5.24. The summed E-state index contributed by atoms with van der Waals surface area (Å²) >= 11 is 24.7. The van der Waals surface area contributed by atoms with Gasteiger partial charge in [0.05, 0.1) is 14.4 Å². The zero-order valence-electron chi connectivity index (χ0n) is 9.33. The maximum atomic E-state index is 11.8. The highest BCUT2D eigenvalue weighted by Crippen LogP contribution is 2.36. The van der Waals surface area contributed by atoms with Crippen molar-refractivity contribution in [1.29, 1.82) is 0 Å². The largest absolute Gasteiger partial charge is 0.293 e. The average Bonchev–Trinajstić information content (AvgIpc) is 2.22. The van der Waals surface area contributed by atoms with E-state index in [-0.39, 0.29) is 20.9 Å². The Bertz CT molecular complexity index is 352. The molecule has 92 valence electrons. The molecule has 0 amide bonds. The van der Waals surface area contributed by atoms with Crippen LogP contribution in [-0.2, 0) is 4.79 Å². The molecule has 6 heteroatoms. The monoisotopic (exact) mass is 320 g/mol. The van der Waals surface area contributed by atoms with Crippen molar-refractivity contribution in [2.24, 2.45) is 5.41 Å². The minimum atomic E-state index is -0.611. The predicted octanol–water partition coefficient (Wildman–Crippen LogP) is 5.30. The van der Waals surface area contributed by atoms with E-state index in [0.717, 1.165) is 0 Å². The second kappa shape index (κ2) is 6.55. The molecule has 0 aromatic carbocycles. The third kappa shape index (κ3) is 4.50. The molecule has 0 saturated heterocycles. The third-order valence-corrected chi connectivity index (χ3v) is 4.35. The number of thioether (sulfide) groups is 1. The highest BCUT2D eigenvalue weighted by atomic mass is 35.5. The van der Waals surface area contributed by atoms with Gasteiger partial charge in [0.15, 0.2) is 5.78 Å². The van der Waals surface area contributed by atoms with Gasteiger partial charge in [0.1, 0.15) is 5.03 Å². The van der Waals surface area contributed by atoms with E-state index >= 15 is 0 Å². The number of hydrogen-bond donors (Lipinski definition) is 0. The first-order valence-corrected chi connectivity index (χ1v) is 7.06. The summed E-state index contributed by atoms with van der Waals surface area (Å²) in [5.74, 6) is -0.275. The molecule has 0 radical (unpaired) electrons. The van der Waals surface area contributed by atoms with Crippen LogP contribution in [0, 0.1) is 5.41 Å². The molecular formula is C10H12Cl4OS. The van der Waals surface area contributed by atoms with Crippen molar-refractivity contribution in [1.82, 2.24) is 0 Å². The lowest BCUT2D eigenvalue weighted by Gasteiger charge is -2.16. The Kier molecular flexibility index (Phi) is 6.82. The Labute approximate surface area is 120 Å². The molecule has 0 N–H and O–H groups in total. The van der Waals surface area contributed by atoms with Crippen molar-refractivity contribution in [2.75, 3.05) is 6.26 Å². The fourth-order valence-electron chi connectivity index (χ4n) is 0.701. The fourth-order valence-corrected chi connectivity index (χ4v) is 2.11. The van der Waals surface area contributed by atoms with Crippen LogP contribution >= 0.6 is 58.2 Å². The number of carbonyl (C=O) groups is 1. The second-order valence-electron chi connectivity index (χ2n) is 4.00. The van der Waals surface area contributed by atoms with E-state index in [0.29, 0.717) is 4.36 Å². The van der Waals surface area contributed by atoms with Gasteiger partial charge in [-0.2, -0.15) is 0 Å². The van der Waals surface area contributed by atoms with Crippen molar-refractivity contribution >= 4 is 63.9 Å². The van der Waals surface area contributed by atoms with Gasteiger partial charge in [-0.1, -0.05) is 67.2 Å². The number of ketones is 1. The van der Waals surface area contributed by atoms with Crippen molar-refractivity contribution < 1.29 is 4.79 Å². The van der Waals surface area contributed by atoms with Crippen LogP contribution in [0.1, 0.15) is 20.8 Å². The molecule has 0 saturated carbocycles. The lowest BCUT2D eigenvalue weighted by Crippen LogP contribution is -2.20. The second-order valence-corrected chi connectivity index (χ2v) is 6.55. The molecule has 0 rings (SSSR count). The van der Waals surface area contributed by atoms with Gasteiger partial charge >= 0.3 is 0 Å². The van der Waals surface area contributed by atoms with Crippen LogP contribution in [-0.4, -0.2) is 12.0 Å². The van der Waals surface area contributed by atoms with Gasteiger partial charge in [0.2, 0.25) is 0 Å². The smallest absolute Gasteiger partial charge is 0.181 e. The van der Waals surface area contributed by atoms with Gasteiger partial charge in [-0.05, 0) is 6.26 Å². The van der Waals surface area contributed by atoms with E-state index in [4.69, 9.17) is 46.4 Å². The zero-order chi connectivity index (χ0) is 13.1. The van der Waals surface area contributed by atoms with Crippen LogP contribution in [0.25, 0.3) is 0 Å². The van der Waals surface area contributed by atoms with Gasteiger partial charge in [0.25, 0.3) is 0 Å². The predicted molar refractivity (Wildman–Crippen MR) is 75.4 cm³/mol. The summed E-state index contributed by atoms with van der Waals surface area (Å²) < 4.78 is 0.298. The van der Waals surface area contributed by atoms with Crippen LogP contribution < -0.4 is 0 Å². The number of rotatable bonds is 3.